The normalized spacial score (nSPS) is 14.1. The van der Waals surface area contributed by atoms with Crippen LogP contribution in [0, 0.1) is 0 Å². The lowest BCUT2D eigenvalue weighted by atomic mass is 10.1. The maximum atomic E-state index is 12.2. The Balaban J connectivity index is 4.42. The van der Waals surface area contributed by atoms with Crippen molar-refractivity contribution in [3.05, 3.63) is 12.2 Å². The number of hydrogen-bond donors (Lipinski definition) is 2. The van der Waals surface area contributed by atoms with Crippen LogP contribution in [0.3, 0.4) is 0 Å². The first-order valence-electron chi connectivity index (χ1n) is 12.7. The topological polar surface area (TPSA) is 134 Å². The van der Waals surface area contributed by atoms with Gasteiger partial charge in [-0.1, -0.05) is 64.5 Å². The van der Waals surface area contributed by atoms with Gasteiger partial charge in [-0.05, 0) is 32.1 Å². The number of hydrogen-bond acceptors (Lipinski definition) is 8. The van der Waals surface area contributed by atoms with Gasteiger partial charge in [-0.3, -0.25) is 18.6 Å². The zero-order valence-electron chi connectivity index (χ0n) is 21.1. The van der Waals surface area contributed by atoms with E-state index in [1.807, 2.05) is 0 Å². The van der Waals surface area contributed by atoms with Crippen LogP contribution < -0.4 is 5.73 Å². The number of esters is 2. The lowest BCUT2D eigenvalue weighted by molar-refractivity contribution is -0.161. The predicted octanol–water partition coefficient (Wildman–Crippen LogP) is 5.20. The Hall–Kier alpha value is -1.25. The molecule has 0 fully saturated rings. The number of rotatable bonds is 23. The molecule has 0 saturated carbocycles. The first-order valence-corrected chi connectivity index (χ1v) is 14.2. The fourth-order valence-electron chi connectivity index (χ4n) is 3.04. The second-order valence-electron chi connectivity index (χ2n) is 8.18. The summed E-state index contributed by atoms with van der Waals surface area (Å²) in [5, 5.41) is 0. The number of ether oxygens (including phenoxy) is 2. The van der Waals surface area contributed by atoms with Crippen LogP contribution in [0.25, 0.3) is 0 Å². The summed E-state index contributed by atoms with van der Waals surface area (Å²) in [6, 6.07) is 0. The Labute approximate surface area is 205 Å². The second kappa shape index (κ2) is 22.2. The maximum Gasteiger partial charge on any atom is 0.472 e. The molecular weight excluding hydrogens is 461 g/mol. The smallest absolute Gasteiger partial charge is 0.462 e. The molecule has 0 amide bonds. The minimum Gasteiger partial charge on any atom is -0.462 e. The second-order valence-corrected chi connectivity index (χ2v) is 9.63. The highest BCUT2D eigenvalue weighted by Crippen LogP contribution is 2.43. The van der Waals surface area contributed by atoms with Gasteiger partial charge < -0.3 is 20.1 Å². The van der Waals surface area contributed by atoms with Gasteiger partial charge in [0.15, 0.2) is 6.10 Å². The van der Waals surface area contributed by atoms with Gasteiger partial charge in [-0.15, -0.1) is 0 Å². The summed E-state index contributed by atoms with van der Waals surface area (Å²) in [5.41, 5.74) is 5.26. The van der Waals surface area contributed by atoms with Gasteiger partial charge >= 0.3 is 19.8 Å². The zero-order chi connectivity index (χ0) is 25.5. The van der Waals surface area contributed by atoms with Gasteiger partial charge in [-0.2, -0.15) is 0 Å². The number of carbonyl (C=O) groups excluding carboxylic acids is 2. The lowest BCUT2D eigenvalue weighted by Crippen LogP contribution is -2.29. The minimum atomic E-state index is -4.34. The number of phosphoric acid groups is 1. The summed E-state index contributed by atoms with van der Waals surface area (Å²) in [5.74, 6) is -0.869. The van der Waals surface area contributed by atoms with Crippen molar-refractivity contribution in [3.8, 4) is 0 Å². The van der Waals surface area contributed by atoms with Crippen LogP contribution in [0.2, 0.25) is 0 Å². The molecule has 0 aliphatic carbocycles. The Morgan fingerprint density at radius 2 is 1.53 bits per heavy atom. The lowest BCUT2D eigenvalue weighted by Gasteiger charge is -2.19. The van der Waals surface area contributed by atoms with Gasteiger partial charge in [0.1, 0.15) is 6.61 Å². The van der Waals surface area contributed by atoms with Crippen molar-refractivity contribution in [3.63, 3.8) is 0 Å². The highest BCUT2D eigenvalue weighted by Gasteiger charge is 2.25. The van der Waals surface area contributed by atoms with Crippen molar-refractivity contribution in [1.29, 1.82) is 0 Å². The van der Waals surface area contributed by atoms with Crippen molar-refractivity contribution in [2.45, 2.75) is 103 Å². The van der Waals surface area contributed by atoms with Crippen LogP contribution in [-0.2, 0) is 32.7 Å². The number of nitrogens with two attached hydrogens (primary N) is 1. The molecule has 0 aliphatic heterocycles. The number of phosphoric ester groups is 1. The van der Waals surface area contributed by atoms with Crippen LogP contribution in [0.4, 0.5) is 0 Å². The van der Waals surface area contributed by atoms with E-state index in [4.69, 9.17) is 19.7 Å². The summed E-state index contributed by atoms with van der Waals surface area (Å²) in [6.07, 6.45) is 14.7. The van der Waals surface area contributed by atoms with Crippen molar-refractivity contribution in [2.75, 3.05) is 26.4 Å². The Bertz CT molecular complexity index is 600. The van der Waals surface area contributed by atoms with E-state index in [1.165, 1.54) is 0 Å². The molecule has 10 heteroatoms. The first kappa shape index (κ1) is 32.8. The Kier molecular flexibility index (Phi) is 21.4. The third kappa shape index (κ3) is 21.3. The molecule has 3 N–H and O–H groups in total. The zero-order valence-corrected chi connectivity index (χ0v) is 22.0. The van der Waals surface area contributed by atoms with Crippen molar-refractivity contribution in [2.24, 2.45) is 5.73 Å². The summed E-state index contributed by atoms with van der Waals surface area (Å²) in [4.78, 5) is 33.9. The minimum absolute atomic E-state index is 0.0530. The molecule has 0 aromatic heterocycles. The molecule has 0 aromatic carbocycles. The number of unbranched alkanes of at least 4 members (excludes halogenated alkanes) is 8. The van der Waals surface area contributed by atoms with E-state index in [9.17, 15) is 19.0 Å². The van der Waals surface area contributed by atoms with E-state index < -0.39 is 32.5 Å². The SMILES string of the molecule is CC/C=C\CCCCCCCC(=O)O[C@H](COC(=O)CCCCCC)COP(=O)(O)OCCN. The molecule has 0 aromatic rings. The van der Waals surface area contributed by atoms with Gasteiger partial charge in [0.2, 0.25) is 0 Å². The molecule has 0 rings (SSSR count). The Morgan fingerprint density at radius 3 is 2.21 bits per heavy atom. The number of carbonyl (C=O) groups is 2. The monoisotopic (exact) mass is 507 g/mol. The molecule has 34 heavy (non-hydrogen) atoms. The molecule has 0 radical (unpaired) electrons. The van der Waals surface area contributed by atoms with Gasteiger partial charge in [-0.25, -0.2) is 4.57 Å². The fourth-order valence-corrected chi connectivity index (χ4v) is 3.81. The molecule has 9 nitrogen and oxygen atoms in total. The molecule has 0 aliphatic rings. The third-order valence-electron chi connectivity index (χ3n) is 4.91. The van der Waals surface area contributed by atoms with Gasteiger partial charge in [0, 0.05) is 19.4 Å². The summed E-state index contributed by atoms with van der Waals surface area (Å²) >= 11 is 0. The fraction of sp³-hybridized carbons (Fsp3) is 0.833. The van der Waals surface area contributed by atoms with Crippen LogP contribution in [-0.4, -0.2) is 49.3 Å². The standard InChI is InChI=1S/C24H46NO8P/c1-3-5-7-9-10-11-12-13-15-17-24(27)33-22(21-32-34(28,29)31-19-18-25)20-30-23(26)16-14-8-6-4-2/h5,7,22H,3-4,6,8-21,25H2,1-2H3,(H,28,29)/b7-5-/t22-/m1/s1. The van der Waals surface area contributed by atoms with Crippen LogP contribution >= 0.6 is 7.82 Å². The summed E-state index contributed by atoms with van der Waals surface area (Å²) in [7, 11) is -4.34. The predicted molar refractivity (Wildman–Crippen MR) is 132 cm³/mol. The average Bonchev–Trinajstić information content (AvgIpc) is 2.81. The van der Waals surface area contributed by atoms with Crippen molar-refractivity contribution >= 4 is 19.8 Å². The molecule has 200 valence electrons. The van der Waals surface area contributed by atoms with E-state index >= 15 is 0 Å². The van der Waals surface area contributed by atoms with Gasteiger partial charge in [0.25, 0.3) is 0 Å². The highest BCUT2D eigenvalue weighted by molar-refractivity contribution is 7.47. The molecule has 0 bridgehead atoms. The van der Waals surface area contributed by atoms with Crippen LogP contribution in [0.1, 0.15) is 97.3 Å². The molecule has 0 heterocycles. The molecule has 2 atom stereocenters. The van der Waals surface area contributed by atoms with E-state index in [-0.39, 0.29) is 32.6 Å². The summed E-state index contributed by atoms with van der Waals surface area (Å²) < 4.78 is 32.0. The largest absolute Gasteiger partial charge is 0.472 e. The summed E-state index contributed by atoms with van der Waals surface area (Å²) in [6.45, 7) is 3.42. The number of allylic oxidation sites excluding steroid dienone is 2. The molecule has 0 saturated heterocycles. The Morgan fingerprint density at radius 1 is 0.882 bits per heavy atom. The third-order valence-corrected chi connectivity index (χ3v) is 5.90. The van der Waals surface area contributed by atoms with Crippen molar-refractivity contribution in [1.82, 2.24) is 0 Å². The average molecular weight is 508 g/mol. The first-order chi connectivity index (χ1) is 16.3. The molecular formula is C24H46NO8P. The van der Waals surface area contributed by atoms with Crippen molar-refractivity contribution < 1.29 is 37.6 Å². The quantitative estimate of drug-likeness (QED) is 0.0828. The van der Waals surface area contributed by atoms with E-state index in [0.29, 0.717) is 6.42 Å². The highest BCUT2D eigenvalue weighted by atomic mass is 31.2. The van der Waals surface area contributed by atoms with E-state index in [2.05, 4.69) is 30.5 Å². The van der Waals surface area contributed by atoms with Crippen LogP contribution in [0.15, 0.2) is 12.2 Å². The maximum absolute atomic E-state index is 12.2. The molecule has 1 unspecified atom stereocenters. The van der Waals surface area contributed by atoms with E-state index in [0.717, 1.165) is 64.2 Å². The van der Waals surface area contributed by atoms with Gasteiger partial charge in [0.05, 0.1) is 13.2 Å². The molecule has 0 spiro atoms. The van der Waals surface area contributed by atoms with Crippen LogP contribution in [0.5, 0.6) is 0 Å². The van der Waals surface area contributed by atoms with E-state index in [1.54, 1.807) is 0 Å².